The molecule has 0 fully saturated rings. The number of carbonyl (C=O) groups excluding carboxylic acids is 1. The van der Waals surface area contributed by atoms with Gasteiger partial charge < -0.3 is 14.5 Å². The van der Waals surface area contributed by atoms with Gasteiger partial charge in [-0.3, -0.25) is 10.1 Å². The van der Waals surface area contributed by atoms with Gasteiger partial charge in [0.1, 0.15) is 11.5 Å². The zero-order chi connectivity index (χ0) is 25.4. The van der Waals surface area contributed by atoms with Crippen LogP contribution in [0, 0.1) is 5.92 Å². The summed E-state index contributed by atoms with van der Waals surface area (Å²) in [5.74, 6) is 1.02. The Hall–Kier alpha value is -2.73. The van der Waals surface area contributed by atoms with E-state index in [2.05, 4.69) is 45.1 Å². The van der Waals surface area contributed by atoms with E-state index in [9.17, 15) is 13.2 Å². The van der Waals surface area contributed by atoms with E-state index in [0.717, 1.165) is 10.9 Å². The molecule has 8 nitrogen and oxygen atoms in total. The quantitative estimate of drug-likeness (QED) is 0.287. The predicted molar refractivity (Wildman–Crippen MR) is 142 cm³/mol. The van der Waals surface area contributed by atoms with E-state index in [1.807, 2.05) is 0 Å². The fraction of sp³-hybridized carbons (Fsp3) is 0.250. The lowest BCUT2D eigenvalue weighted by molar-refractivity contribution is 0.0973. The van der Waals surface area contributed by atoms with Gasteiger partial charge in [-0.1, -0.05) is 29.8 Å². The van der Waals surface area contributed by atoms with Crippen LogP contribution < -0.4 is 20.1 Å². The Morgan fingerprint density at radius 1 is 1.14 bits per heavy atom. The van der Waals surface area contributed by atoms with Crippen LogP contribution >= 0.6 is 28.1 Å². The molecule has 1 aromatic heterocycles. The molecular formula is C24H26BrN3O5S2. The maximum Gasteiger partial charge on any atom is 0.261 e. The van der Waals surface area contributed by atoms with Crippen LogP contribution in [0.15, 0.2) is 74.6 Å². The number of hydrogen-bond acceptors (Lipinski definition) is 6. The smallest absolute Gasteiger partial charge is 0.261 e. The lowest BCUT2D eigenvalue weighted by atomic mass is 10.1. The number of nitrogens with one attached hydrogen (secondary N) is 3. The standard InChI is InChI=1S/C24H26BrN3O5S2/c1-16(2)11-13-33-22-10-5-17(25)14-21(22)23(29)28-24(34)27-18-6-8-20(9-7-18)35(30,31)26-15-19-4-3-12-32-19/h3-10,12,14,16,26H,11,13,15H2,1-2H3,(H2,27,28,29,34). The van der Waals surface area contributed by atoms with E-state index in [1.54, 1.807) is 42.5 Å². The SMILES string of the molecule is CC(C)CCOc1ccc(Br)cc1C(=O)NC(=S)Nc1ccc(S(=O)(=O)NCc2ccco2)cc1. The van der Waals surface area contributed by atoms with Crippen molar-refractivity contribution in [2.45, 2.75) is 31.7 Å². The van der Waals surface area contributed by atoms with E-state index < -0.39 is 15.9 Å². The summed E-state index contributed by atoms with van der Waals surface area (Å²) < 4.78 is 39.1. The number of sulfonamides is 1. The number of furan rings is 1. The summed E-state index contributed by atoms with van der Waals surface area (Å²) in [7, 11) is -3.72. The second-order valence-electron chi connectivity index (χ2n) is 8.01. The van der Waals surface area contributed by atoms with Gasteiger partial charge in [-0.05, 0) is 79.2 Å². The molecule has 11 heteroatoms. The number of benzene rings is 2. The summed E-state index contributed by atoms with van der Waals surface area (Å²) in [6.07, 6.45) is 2.34. The third-order valence-electron chi connectivity index (χ3n) is 4.81. The third-order valence-corrected chi connectivity index (χ3v) is 6.92. The average molecular weight is 581 g/mol. The second-order valence-corrected chi connectivity index (χ2v) is 11.1. The fourth-order valence-corrected chi connectivity index (χ4v) is 4.49. The lowest BCUT2D eigenvalue weighted by Gasteiger charge is -2.14. The van der Waals surface area contributed by atoms with Gasteiger partial charge in [0.25, 0.3) is 5.91 Å². The highest BCUT2D eigenvalue weighted by Crippen LogP contribution is 2.24. The molecule has 0 atom stereocenters. The molecule has 1 heterocycles. The Bertz CT molecular complexity index is 1260. The second kappa shape index (κ2) is 12.3. The van der Waals surface area contributed by atoms with Crippen LogP contribution in [0.2, 0.25) is 0 Å². The van der Waals surface area contributed by atoms with Gasteiger partial charge in [-0.25, -0.2) is 13.1 Å². The molecular weight excluding hydrogens is 554 g/mol. The Morgan fingerprint density at radius 3 is 2.54 bits per heavy atom. The monoisotopic (exact) mass is 579 g/mol. The largest absolute Gasteiger partial charge is 0.493 e. The lowest BCUT2D eigenvalue weighted by Crippen LogP contribution is -2.34. The molecule has 0 spiro atoms. The van der Waals surface area contributed by atoms with Crippen molar-refractivity contribution in [2.75, 3.05) is 11.9 Å². The normalized spacial score (nSPS) is 11.3. The Labute approximate surface area is 218 Å². The minimum absolute atomic E-state index is 0.0459. The topological polar surface area (TPSA) is 110 Å². The molecule has 2 aromatic carbocycles. The van der Waals surface area contributed by atoms with E-state index in [4.69, 9.17) is 21.4 Å². The van der Waals surface area contributed by atoms with Crippen molar-refractivity contribution in [1.82, 2.24) is 10.0 Å². The molecule has 0 unspecified atom stereocenters. The summed E-state index contributed by atoms with van der Waals surface area (Å²) in [5.41, 5.74) is 0.860. The van der Waals surface area contributed by atoms with Crippen LogP contribution in [-0.2, 0) is 16.6 Å². The van der Waals surface area contributed by atoms with Crippen LogP contribution in [0.4, 0.5) is 5.69 Å². The summed E-state index contributed by atoms with van der Waals surface area (Å²) >= 11 is 8.64. The molecule has 0 radical (unpaired) electrons. The minimum Gasteiger partial charge on any atom is -0.493 e. The molecule has 0 aliphatic rings. The molecule has 186 valence electrons. The molecule has 0 saturated carbocycles. The first kappa shape index (κ1) is 26.9. The van der Waals surface area contributed by atoms with Crippen molar-refractivity contribution in [1.29, 1.82) is 0 Å². The predicted octanol–water partition coefficient (Wildman–Crippen LogP) is 5.07. The summed E-state index contributed by atoms with van der Waals surface area (Å²) in [4.78, 5) is 12.9. The Morgan fingerprint density at radius 2 is 1.89 bits per heavy atom. The number of ether oxygens (including phenoxy) is 1. The molecule has 0 aliphatic carbocycles. The number of anilines is 1. The maximum atomic E-state index is 12.8. The molecule has 1 amide bonds. The van der Waals surface area contributed by atoms with Crippen LogP contribution in [-0.4, -0.2) is 26.0 Å². The number of rotatable bonds is 10. The van der Waals surface area contributed by atoms with Gasteiger partial charge in [0.2, 0.25) is 10.0 Å². The first-order chi connectivity index (χ1) is 16.6. The van der Waals surface area contributed by atoms with Gasteiger partial charge in [0.15, 0.2) is 5.11 Å². The molecule has 0 aliphatic heterocycles. The summed E-state index contributed by atoms with van der Waals surface area (Å²) in [6.45, 7) is 4.74. The van der Waals surface area contributed by atoms with E-state index >= 15 is 0 Å². The van der Waals surface area contributed by atoms with Crippen molar-refractivity contribution in [3.8, 4) is 5.75 Å². The highest BCUT2D eigenvalue weighted by atomic mass is 79.9. The highest BCUT2D eigenvalue weighted by molar-refractivity contribution is 9.10. The molecule has 3 rings (SSSR count). The third kappa shape index (κ3) is 8.17. The van der Waals surface area contributed by atoms with Gasteiger partial charge in [-0.2, -0.15) is 0 Å². The number of thiocarbonyl (C=S) groups is 1. The average Bonchev–Trinajstić information content (AvgIpc) is 3.32. The minimum atomic E-state index is -3.72. The van der Waals surface area contributed by atoms with Crippen molar-refractivity contribution in [3.63, 3.8) is 0 Å². The van der Waals surface area contributed by atoms with Crippen molar-refractivity contribution in [2.24, 2.45) is 5.92 Å². The maximum absolute atomic E-state index is 12.8. The zero-order valence-electron chi connectivity index (χ0n) is 19.2. The van der Waals surface area contributed by atoms with Crippen LogP contribution in [0.1, 0.15) is 36.4 Å². The Balaban J connectivity index is 1.59. The molecule has 3 N–H and O–H groups in total. The fourth-order valence-electron chi connectivity index (χ4n) is 2.92. The van der Waals surface area contributed by atoms with E-state index in [0.29, 0.717) is 35.3 Å². The Kier molecular flexibility index (Phi) is 9.44. The molecule has 3 aromatic rings. The summed E-state index contributed by atoms with van der Waals surface area (Å²) in [5, 5.41) is 5.58. The van der Waals surface area contributed by atoms with Crippen LogP contribution in [0.3, 0.4) is 0 Å². The number of hydrogen-bond donors (Lipinski definition) is 3. The summed E-state index contributed by atoms with van der Waals surface area (Å²) in [6, 6.07) is 14.5. The molecule has 0 saturated heterocycles. The first-order valence-electron chi connectivity index (χ1n) is 10.8. The van der Waals surface area contributed by atoms with Crippen molar-refractivity contribution < 1.29 is 22.4 Å². The first-order valence-corrected chi connectivity index (χ1v) is 13.5. The highest BCUT2D eigenvalue weighted by Gasteiger charge is 2.17. The van der Waals surface area contributed by atoms with Crippen molar-refractivity contribution >= 4 is 54.9 Å². The van der Waals surface area contributed by atoms with Gasteiger partial charge in [0.05, 0.1) is 29.9 Å². The van der Waals surface area contributed by atoms with E-state index in [1.165, 1.54) is 18.4 Å². The van der Waals surface area contributed by atoms with Crippen LogP contribution in [0.5, 0.6) is 5.75 Å². The molecule has 0 bridgehead atoms. The zero-order valence-corrected chi connectivity index (χ0v) is 22.4. The van der Waals surface area contributed by atoms with E-state index in [-0.39, 0.29) is 16.6 Å². The number of amides is 1. The van der Waals surface area contributed by atoms with Crippen LogP contribution in [0.25, 0.3) is 0 Å². The molecule has 35 heavy (non-hydrogen) atoms. The van der Waals surface area contributed by atoms with Gasteiger partial charge in [-0.15, -0.1) is 0 Å². The van der Waals surface area contributed by atoms with Gasteiger partial charge >= 0.3 is 0 Å². The number of carbonyl (C=O) groups is 1. The number of halogens is 1. The van der Waals surface area contributed by atoms with Gasteiger partial charge in [0, 0.05) is 10.2 Å². The van der Waals surface area contributed by atoms with Crippen molar-refractivity contribution in [3.05, 3.63) is 76.7 Å².